The number of carbonyl (C=O) groups excluding carboxylic acids is 1. The molecule has 136 valence electrons. The molecule has 0 spiro atoms. The zero-order valence-electron chi connectivity index (χ0n) is 15.3. The fourth-order valence-electron chi connectivity index (χ4n) is 2.95. The van der Waals surface area contributed by atoms with Crippen molar-refractivity contribution in [2.45, 2.75) is 33.1 Å². The summed E-state index contributed by atoms with van der Waals surface area (Å²) in [6.45, 7) is 4.36. The molecular weight excluding hydrogens is 342 g/mol. The molecule has 3 N–H and O–H groups in total. The summed E-state index contributed by atoms with van der Waals surface area (Å²) in [6, 6.07) is 12.3. The number of fused-ring (bicyclic) bond motifs is 1. The predicted molar refractivity (Wildman–Crippen MR) is 109 cm³/mol. The number of carbonyl (C=O) groups is 1. The van der Waals surface area contributed by atoms with Crippen molar-refractivity contribution in [3.05, 3.63) is 63.5 Å². The second-order valence-electron chi connectivity index (χ2n) is 6.59. The fraction of sp³-hybridized carbons (Fsp3) is 0.333. The summed E-state index contributed by atoms with van der Waals surface area (Å²) in [5.41, 5.74) is 11.2. The van der Waals surface area contributed by atoms with E-state index < -0.39 is 0 Å². The first-order chi connectivity index (χ1) is 12.6. The number of hydrogen-bond donors (Lipinski definition) is 2. The van der Waals surface area contributed by atoms with Gasteiger partial charge in [-0.15, -0.1) is 11.3 Å². The highest BCUT2D eigenvalue weighted by atomic mass is 32.1. The Kier molecular flexibility index (Phi) is 5.89. The molecule has 3 rings (SSSR count). The van der Waals surface area contributed by atoms with Crippen LogP contribution in [0.2, 0.25) is 0 Å². The Hall–Kier alpha value is -2.40. The van der Waals surface area contributed by atoms with Gasteiger partial charge in [0.15, 0.2) is 0 Å². The van der Waals surface area contributed by atoms with Gasteiger partial charge < -0.3 is 11.1 Å². The van der Waals surface area contributed by atoms with E-state index in [9.17, 15) is 4.79 Å². The average molecular weight is 368 g/mol. The highest BCUT2D eigenvalue weighted by Gasteiger charge is 2.19. The number of hydrogen-bond acceptors (Lipinski definition) is 4. The van der Waals surface area contributed by atoms with Gasteiger partial charge in [-0.2, -0.15) is 0 Å². The van der Waals surface area contributed by atoms with E-state index in [-0.39, 0.29) is 11.8 Å². The minimum absolute atomic E-state index is 0.000669. The summed E-state index contributed by atoms with van der Waals surface area (Å²) in [5, 5.41) is 5.05. The van der Waals surface area contributed by atoms with Gasteiger partial charge in [-0.25, -0.2) is 4.99 Å². The second-order valence-corrected chi connectivity index (χ2v) is 7.54. The zero-order valence-corrected chi connectivity index (χ0v) is 16.1. The Morgan fingerprint density at radius 2 is 2.08 bits per heavy atom. The van der Waals surface area contributed by atoms with E-state index in [1.807, 2.05) is 43.5 Å². The van der Waals surface area contributed by atoms with Crippen molar-refractivity contribution < 1.29 is 4.79 Å². The van der Waals surface area contributed by atoms with Crippen molar-refractivity contribution in [1.29, 1.82) is 0 Å². The topological polar surface area (TPSA) is 67.5 Å². The summed E-state index contributed by atoms with van der Waals surface area (Å²) >= 11 is 1.62. The van der Waals surface area contributed by atoms with Gasteiger partial charge in [-0.3, -0.25) is 4.79 Å². The van der Waals surface area contributed by atoms with Gasteiger partial charge in [0.1, 0.15) is 0 Å². The Balaban J connectivity index is 1.93. The summed E-state index contributed by atoms with van der Waals surface area (Å²) in [4.78, 5) is 18.2. The van der Waals surface area contributed by atoms with Gasteiger partial charge in [0.25, 0.3) is 0 Å². The number of amides is 1. The van der Waals surface area contributed by atoms with E-state index >= 15 is 0 Å². The molecule has 1 atom stereocenters. The maximum absolute atomic E-state index is 12.2. The number of benzene rings is 1. The Labute approximate surface area is 158 Å². The van der Waals surface area contributed by atoms with Crippen LogP contribution in [0.25, 0.3) is 5.70 Å². The number of nitrogens with two attached hydrogens (primary N) is 1. The molecule has 1 aromatic carbocycles. The predicted octanol–water partition coefficient (Wildman–Crippen LogP) is 3.97. The van der Waals surface area contributed by atoms with Crippen LogP contribution in [0.4, 0.5) is 0 Å². The van der Waals surface area contributed by atoms with Crippen molar-refractivity contribution in [2.24, 2.45) is 16.6 Å². The molecule has 2 aromatic rings. The molecule has 1 aromatic heterocycles. The summed E-state index contributed by atoms with van der Waals surface area (Å²) in [6.07, 6.45) is 2.58. The Morgan fingerprint density at radius 1 is 1.27 bits per heavy atom. The lowest BCUT2D eigenvalue weighted by Crippen LogP contribution is -2.33. The molecule has 1 aliphatic rings. The highest BCUT2D eigenvalue weighted by molar-refractivity contribution is 7.12. The Morgan fingerprint density at radius 3 is 2.81 bits per heavy atom. The van der Waals surface area contributed by atoms with E-state index in [0.717, 1.165) is 46.8 Å². The summed E-state index contributed by atoms with van der Waals surface area (Å²) in [7, 11) is 0. The lowest BCUT2D eigenvalue weighted by Gasteiger charge is -2.19. The van der Waals surface area contributed by atoms with Crippen molar-refractivity contribution in [3.8, 4) is 0 Å². The van der Waals surface area contributed by atoms with Crippen molar-refractivity contribution >= 4 is 28.7 Å². The maximum Gasteiger partial charge on any atom is 0.223 e. The van der Waals surface area contributed by atoms with Gasteiger partial charge in [0, 0.05) is 17.2 Å². The lowest BCUT2D eigenvalue weighted by molar-refractivity contribution is -0.124. The van der Waals surface area contributed by atoms with Crippen LogP contribution in [0, 0.1) is 5.92 Å². The molecule has 0 bridgehead atoms. The minimum atomic E-state index is -0.000669. The van der Waals surface area contributed by atoms with Crippen molar-refractivity contribution in [3.63, 3.8) is 0 Å². The third-order valence-electron chi connectivity index (χ3n) is 4.78. The molecule has 5 heteroatoms. The number of aliphatic imine (C=N–C) groups is 1. The smallest absolute Gasteiger partial charge is 0.223 e. The van der Waals surface area contributed by atoms with Gasteiger partial charge in [-0.1, -0.05) is 44.2 Å². The third-order valence-corrected chi connectivity index (χ3v) is 5.70. The van der Waals surface area contributed by atoms with E-state index in [1.54, 1.807) is 11.3 Å². The van der Waals surface area contributed by atoms with Crippen LogP contribution in [0.5, 0.6) is 0 Å². The van der Waals surface area contributed by atoms with Crippen molar-refractivity contribution in [2.75, 3.05) is 6.54 Å². The molecule has 26 heavy (non-hydrogen) atoms. The summed E-state index contributed by atoms with van der Waals surface area (Å²) < 4.78 is 0. The monoisotopic (exact) mass is 367 g/mol. The molecule has 1 heterocycles. The quantitative estimate of drug-likeness (QED) is 0.759. The molecule has 0 saturated carbocycles. The number of aryl methyl sites for hydroxylation is 1. The second kappa shape index (κ2) is 8.32. The molecule has 0 aliphatic heterocycles. The van der Waals surface area contributed by atoms with Crippen LogP contribution in [-0.2, 0) is 11.2 Å². The molecule has 4 nitrogen and oxygen atoms in total. The number of nitrogens with zero attached hydrogens (tertiary/aromatic N) is 1. The van der Waals surface area contributed by atoms with Gasteiger partial charge >= 0.3 is 0 Å². The first-order valence-corrected chi connectivity index (χ1v) is 9.94. The Bertz CT molecular complexity index is 837. The number of rotatable bonds is 6. The first-order valence-electron chi connectivity index (χ1n) is 9.06. The largest absolute Gasteiger partial charge is 0.400 e. The van der Waals surface area contributed by atoms with Crippen LogP contribution < -0.4 is 11.1 Å². The first kappa shape index (κ1) is 18.4. The third kappa shape index (κ3) is 4.05. The fourth-order valence-corrected chi connectivity index (χ4v) is 3.67. The van der Waals surface area contributed by atoms with E-state index in [1.165, 1.54) is 5.56 Å². The molecule has 0 radical (unpaired) electrons. The van der Waals surface area contributed by atoms with Gasteiger partial charge in [0.05, 0.1) is 22.8 Å². The highest BCUT2D eigenvalue weighted by Crippen LogP contribution is 2.30. The van der Waals surface area contributed by atoms with Gasteiger partial charge in [-0.05, 0) is 36.3 Å². The number of nitrogens with one attached hydrogen (secondary N) is 1. The molecular formula is C21H25N3OS. The summed E-state index contributed by atoms with van der Waals surface area (Å²) in [5.74, 6) is 0.0574. The number of thiophene rings is 1. The van der Waals surface area contributed by atoms with E-state index in [2.05, 4.69) is 17.4 Å². The number of allylic oxidation sites excluding steroid dienone is 1. The van der Waals surface area contributed by atoms with E-state index in [4.69, 9.17) is 10.7 Å². The maximum atomic E-state index is 12.2. The normalized spacial score (nSPS) is 15.5. The van der Waals surface area contributed by atoms with Crippen LogP contribution in [0.1, 0.15) is 42.7 Å². The molecule has 1 aliphatic carbocycles. The SMILES string of the molecule is CCC(C)C(=O)NCC(=NC1=C(N)CCc2ccccc21)c1cccs1. The molecule has 0 fully saturated rings. The molecule has 1 unspecified atom stereocenters. The lowest BCUT2D eigenvalue weighted by atomic mass is 9.93. The van der Waals surface area contributed by atoms with Gasteiger partial charge in [0.2, 0.25) is 5.91 Å². The van der Waals surface area contributed by atoms with Crippen LogP contribution in [0.3, 0.4) is 0 Å². The van der Waals surface area contributed by atoms with Crippen LogP contribution in [-0.4, -0.2) is 18.2 Å². The molecule has 1 amide bonds. The standard InChI is InChI=1S/C21H25N3OS/c1-3-14(2)21(25)23-13-18(19-9-6-12-26-19)24-20-16-8-5-4-7-15(16)10-11-17(20)22/h4-9,12,14H,3,10-11,13,22H2,1-2H3,(H,23,25). The average Bonchev–Trinajstić information content (AvgIpc) is 3.20. The van der Waals surface area contributed by atoms with Crippen LogP contribution in [0.15, 0.2) is 52.5 Å². The van der Waals surface area contributed by atoms with Crippen molar-refractivity contribution in [1.82, 2.24) is 5.32 Å². The van der Waals surface area contributed by atoms with E-state index in [0.29, 0.717) is 6.54 Å². The zero-order chi connectivity index (χ0) is 18.5. The van der Waals surface area contributed by atoms with Crippen LogP contribution >= 0.6 is 11.3 Å². The molecule has 0 saturated heterocycles. The minimum Gasteiger partial charge on any atom is -0.400 e.